The standard InChI is InChI=1S/C29H29BrN2O3/c30-24-14-13-21(17-25(24)31)26(33)19-32(18-20-7-2-1-3-8-20)15-16-34-28-12-6-10-23-22-9-4-5-11-27(22)35-29(23)28/h1-3,6-8,10,12-14,17H,4-5,9,11,15-16,18-19,31H2. The van der Waals surface area contributed by atoms with E-state index in [9.17, 15) is 4.79 Å². The van der Waals surface area contributed by atoms with Crippen LogP contribution in [-0.2, 0) is 19.4 Å². The highest BCUT2D eigenvalue weighted by Gasteiger charge is 2.20. The topological polar surface area (TPSA) is 68.7 Å². The monoisotopic (exact) mass is 532 g/mol. The van der Waals surface area contributed by atoms with Crippen LogP contribution >= 0.6 is 15.9 Å². The van der Waals surface area contributed by atoms with Gasteiger partial charge in [0.05, 0.1) is 6.54 Å². The van der Waals surface area contributed by atoms with Gasteiger partial charge in [0.25, 0.3) is 0 Å². The Morgan fingerprint density at radius 1 is 1.03 bits per heavy atom. The van der Waals surface area contributed by atoms with Gasteiger partial charge in [0, 0.05) is 46.2 Å². The number of Topliss-reactive ketones (excluding diaryl/α,β-unsaturated/α-hetero) is 1. The molecule has 1 aliphatic rings. The van der Waals surface area contributed by atoms with Crippen LogP contribution in [0.4, 0.5) is 5.69 Å². The van der Waals surface area contributed by atoms with Gasteiger partial charge in [-0.25, -0.2) is 0 Å². The first kappa shape index (κ1) is 23.6. The van der Waals surface area contributed by atoms with Crippen LogP contribution in [0.1, 0.15) is 40.1 Å². The first-order chi connectivity index (χ1) is 17.1. The van der Waals surface area contributed by atoms with Crippen molar-refractivity contribution in [3.63, 3.8) is 0 Å². The maximum atomic E-state index is 13.1. The van der Waals surface area contributed by atoms with E-state index in [0.717, 1.165) is 40.0 Å². The number of furan rings is 1. The maximum absolute atomic E-state index is 13.1. The molecular weight excluding hydrogens is 504 g/mol. The Bertz CT molecular complexity index is 1330. The molecule has 0 amide bonds. The quantitative estimate of drug-likeness (QED) is 0.199. The second-order valence-corrected chi connectivity index (χ2v) is 9.90. The highest BCUT2D eigenvalue weighted by Crippen LogP contribution is 2.36. The number of nitrogens with two attached hydrogens (primary N) is 1. The van der Waals surface area contributed by atoms with Crippen molar-refractivity contribution < 1.29 is 13.9 Å². The number of ether oxygens (including phenoxy) is 1. The van der Waals surface area contributed by atoms with Crippen molar-refractivity contribution in [1.82, 2.24) is 4.90 Å². The smallest absolute Gasteiger partial charge is 0.176 e. The molecule has 6 heteroatoms. The molecule has 0 aliphatic heterocycles. The second-order valence-electron chi connectivity index (χ2n) is 9.05. The Hall–Kier alpha value is -3.09. The predicted octanol–water partition coefficient (Wildman–Crippen LogP) is 6.42. The lowest BCUT2D eigenvalue weighted by molar-refractivity contribution is 0.0912. The zero-order valence-electron chi connectivity index (χ0n) is 19.6. The van der Waals surface area contributed by atoms with Gasteiger partial charge < -0.3 is 14.9 Å². The molecule has 0 bridgehead atoms. The number of carbonyl (C=O) groups excluding carboxylic acids is 1. The Labute approximate surface area is 214 Å². The summed E-state index contributed by atoms with van der Waals surface area (Å²) in [7, 11) is 0. The maximum Gasteiger partial charge on any atom is 0.176 e. The number of carbonyl (C=O) groups is 1. The first-order valence-corrected chi connectivity index (χ1v) is 12.9. The number of benzene rings is 3. The van der Waals surface area contributed by atoms with Gasteiger partial charge in [-0.3, -0.25) is 9.69 Å². The molecule has 180 valence electrons. The SMILES string of the molecule is Nc1cc(C(=O)CN(CCOc2cccc3c4c(oc23)CCCC4)Cc2ccccc2)ccc1Br. The molecule has 0 fully saturated rings. The summed E-state index contributed by atoms with van der Waals surface area (Å²) in [6.45, 7) is 1.98. The summed E-state index contributed by atoms with van der Waals surface area (Å²) in [6.07, 6.45) is 4.45. The Kier molecular flexibility index (Phi) is 7.21. The number of halogens is 1. The van der Waals surface area contributed by atoms with E-state index in [1.54, 1.807) is 12.1 Å². The molecule has 35 heavy (non-hydrogen) atoms. The molecule has 3 aromatic carbocycles. The van der Waals surface area contributed by atoms with Gasteiger partial charge in [-0.2, -0.15) is 0 Å². The molecule has 0 atom stereocenters. The number of aryl methyl sites for hydroxylation is 2. The number of hydrogen-bond donors (Lipinski definition) is 1. The lowest BCUT2D eigenvalue weighted by atomic mass is 9.96. The Morgan fingerprint density at radius 2 is 1.86 bits per heavy atom. The third-order valence-corrected chi connectivity index (χ3v) is 7.27. The van der Waals surface area contributed by atoms with Crippen molar-refractivity contribution in [3.8, 4) is 5.75 Å². The summed E-state index contributed by atoms with van der Waals surface area (Å²) in [5.41, 5.74) is 10.5. The van der Waals surface area contributed by atoms with Gasteiger partial charge in [0.2, 0.25) is 0 Å². The van der Waals surface area contributed by atoms with E-state index in [2.05, 4.69) is 39.0 Å². The summed E-state index contributed by atoms with van der Waals surface area (Å²) in [5.74, 6) is 1.90. The average Bonchev–Trinajstić information content (AvgIpc) is 3.26. The first-order valence-electron chi connectivity index (χ1n) is 12.1. The fraction of sp³-hybridized carbons (Fsp3) is 0.276. The van der Waals surface area contributed by atoms with Crippen molar-refractivity contribution in [2.75, 3.05) is 25.4 Å². The lowest BCUT2D eigenvalue weighted by Gasteiger charge is -2.22. The van der Waals surface area contributed by atoms with Crippen LogP contribution in [0.2, 0.25) is 0 Å². The minimum Gasteiger partial charge on any atom is -0.488 e. The van der Waals surface area contributed by atoms with E-state index in [4.69, 9.17) is 14.9 Å². The zero-order valence-corrected chi connectivity index (χ0v) is 21.2. The van der Waals surface area contributed by atoms with Crippen molar-refractivity contribution in [3.05, 3.63) is 93.7 Å². The van der Waals surface area contributed by atoms with E-state index in [-0.39, 0.29) is 12.3 Å². The summed E-state index contributed by atoms with van der Waals surface area (Å²) in [5, 5.41) is 1.17. The number of hydrogen-bond acceptors (Lipinski definition) is 5. The van der Waals surface area contributed by atoms with Gasteiger partial charge in [0.1, 0.15) is 12.4 Å². The third kappa shape index (κ3) is 5.44. The minimum atomic E-state index is 0.0287. The fourth-order valence-electron chi connectivity index (χ4n) is 4.72. The highest BCUT2D eigenvalue weighted by molar-refractivity contribution is 9.10. The average molecular weight is 533 g/mol. The third-order valence-electron chi connectivity index (χ3n) is 6.55. The van der Waals surface area contributed by atoms with E-state index in [1.807, 2.05) is 36.4 Å². The number of nitrogens with zero attached hydrogens (tertiary/aromatic N) is 1. The van der Waals surface area contributed by atoms with Crippen molar-refractivity contribution in [1.29, 1.82) is 0 Å². The number of anilines is 1. The molecule has 2 N–H and O–H groups in total. The van der Waals surface area contributed by atoms with Crippen LogP contribution in [-0.4, -0.2) is 30.4 Å². The normalized spacial score (nSPS) is 13.2. The van der Waals surface area contributed by atoms with Gasteiger partial charge >= 0.3 is 0 Å². The van der Waals surface area contributed by atoms with Crippen molar-refractivity contribution in [2.45, 2.75) is 32.2 Å². The van der Waals surface area contributed by atoms with E-state index in [0.29, 0.717) is 30.9 Å². The Balaban J connectivity index is 1.30. The van der Waals surface area contributed by atoms with Crippen LogP contribution in [0.15, 0.2) is 75.6 Å². The molecule has 1 aromatic heterocycles. The van der Waals surface area contributed by atoms with Crippen LogP contribution < -0.4 is 10.5 Å². The van der Waals surface area contributed by atoms with Gasteiger partial charge in [-0.15, -0.1) is 0 Å². The summed E-state index contributed by atoms with van der Waals surface area (Å²) < 4.78 is 13.2. The molecule has 0 unspecified atom stereocenters. The molecular formula is C29H29BrN2O3. The zero-order chi connectivity index (χ0) is 24.2. The van der Waals surface area contributed by atoms with E-state index in [1.165, 1.54) is 23.8 Å². The van der Waals surface area contributed by atoms with Crippen molar-refractivity contribution in [2.24, 2.45) is 0 Å². The number of ketones is 1. The van der Waals surface area contributed by atoms with Crippen LogP contribution in [0, 0.1) is 0 Å². The molecule has 1 heterocycles. The van der Waals surface area contributed by atoms with Crippen molar-refractivity contribution >= 4 is 38.4 Å². The molecule has 0 radical (unpaired) electrons. The van der Waals surface area contributed by atoms with Gasteiger partial charge in [0.15, 0.2) is 17.1 Å². The molecule has 0 saturated carbocycles. The molecule has 5 nitrogen and oxygen atoms in total. The number of para-hydroxylation sites is 1. The fourth-order valence-corrected chi connectivity index (χ4v) is 4.97. The van der Waals surface area contributed by atoms with Crippen LogP contribution in [0.25, 0.3) is 11.0 Å². The number of nitrogen functional groups attached to an aromatic ring is 1. The highest BCUT2D eigenvalue weighted by atomic mass is 79.9. The molecule has 5 rings (SSSR count). The largest absolute Gasteiger partial charge is 0.488 e. The predicted molar refractivity (Wildman–Crippen MR) is 143 cm³/mol. The number of rotatable bonds is 9. The second kappa shape index (κ2) is 10.7. The van der Waals surface area contributed by atoms with Crippen LogP contribution in [0.3, 0.4) is 0 Å². The lowest BCUT2D eigenvalue weighted by Crippen LogP contribution is -2.33. The van der Waals surface area contributed by atoms with E-state index >= 15 is 0 Å². The van der Waals surface area contributed by atoms with Crippen LogP contribution in [0.5, 0.6) is 5.75 Å². The molecule has 4 aromatic rings. The molecule has 0 spiro atoms. The Morgan fingerprint density at radius 3 is 2.69 bits per heavy atom. The van der Waals surface area contributed by atoms with Gasteiger partial charge in [-0.1, -0.05) is 48.5 Å². The van der Waals surface area contributed by atoms with Gasteiger partial charge in [-0.05, 0) is 59.0 Å². The molecule has 0 saturated heterocycles. The summed E-state index contributed by atoms with van der Waals surface area (Å²) in [6, 6.07) is 21.6. The minimum absolute atomic E-state index is 0.0287. The van der Waals surface area contributed by atoms with E-state index < -0.39 is 0 Å². The molecule has 1 aliphatic carbocycles. The number of fused-ring (bicyclic) bond motifs is 3. The summed E-state index contributed by atoms with van der Waals surface area (Å²) in [4.78, 5) is 15.2. The summed E-state index contributed by atoms with van der Waals surface area (Å²) >= 11 is 3.39.